The van der Waals surface area contributed by atoms with Crippen LogP contribution in [0.15, 0.2) is 34.2 Å². The van der Waals surface area contributed by atoms with E-state index in [2.05, 4.69) is 21.2 Å². The summed E-state index contributed by atoms with van der Waals surface area (Å²) in [4.78, 5) is 0. The van der Waals surface area contributed by atoms with Gasteiger partial charge in [0.15, 0.2) is 9.84 Å². The van der Waals surface area contributed by atoms with Crippen LogP contribution in [0.5, 0.6) is 5.75 Å². The minimum absolute atomic E-state index is 0.0603. The van der Waals surface area contributed by atoms with Crippen molar-refractivity contribution in [2.45, 2.75) is 19.0 Å². The minimum atomic E-state index is -3.01. The molecule has 19 heavy (non-hydrogen) atoms. The lowest BCUT2D eigenvalue weighted by Gasteiger charge is -2.19. The largest absolute Gasteiger partial charge is 0.496 e. The molecule has 2 atom stereocenters. The van der Waals surface area contributed by atoms with E-state index in [-0.39, 0.29) is 17.8 Å². The molecule has 4 nitrogen and oxygen atoms in total. The Morgan fingerprint density at radius 2 is 2.21 bits per heavy atom. The van der Waals surface area contributed by atoms with Crippen molar-refractivity contribution in [3.63, 3.8) is 0 Å². The Morgan fingerprint density at radius 1 is 1.47 bits per heavy atom. The van der Waals surface area contributed by atoms with E-state index >= 15 is 0 Å². The maximum atomic E-state index is 11.3. The summed E-state index contributed by atoms with van der Waals surface area (Å²) in [5.74, 6) is 0.911. The summed E-state index contributed by atoms with van der Waals surface area (Å²) in [5.41, 5.74) is 1.07. The molecule has 104 valence electrons. The average Bonchev–Trinajstić information content (AvgIpc) is 2.68. The standard InChI is InChI=1S/C13H16BrNO3S/c1-9(15-11-5-6-19(16,17)8-11)10-3-4-13(18-2)12(14)7-10/h3-7,9,11,15H,8H2,1-2H3. The summed E-state index contributed by atoms with van der Waals surface area (Å²) in [5, 5.41) is 4.57. The molecule has 1 N–H and O–H groups in total. The normalized spacial score (nSPS) is 22.4. The molecule has 0 fully saturated rings. The van der Waals surface area contributed by atoms with Crippen LogP contribution in [0.2, 0.25) is 0 Å². The van der Waals surface area contributed by atoms with Crippen molar-refractivity contribution in [1.29, 1.82) is 0 Å². The van der Waals surface area contributed by atoms with E-state index in [1.54, 1.807) is 13.2 Å². The third-order valence-electron chi connectivity index (χ3n) is 3.07. The molecule has 1 aromatic carbocycles. The number of halogens is 1. The zero-order chi connectivity index (χ0) is 14.0. The number of sulfone groups is 1. The second-order valence-corrected chi connectivity index (χ2v) is 7.33. The molecular weight excluding hydrogens is 330 g/mol. The minimum Gasteiger partial charge on any atom is -0.496 e. The van der Waals surface area contributed by atoms with Gasteiger partial charge in [-0.3, -0.25) is 0 Å². The van der Waals surface area contributed by atoms with Gasteiger partial charge in [-0.15, -0.1) is 0 Å². The fraction of sp³-hybridized carbons (Fsp3) is 0.385. The van der Waals surface area contributed by atoms with E-state index < -0.39 is 9.84 Å². The molecule has 0 radical (unpaired) electrons. The van der Waals surface area contributed by atoms with Gasteiger partial charge in [-0.2, -0.15) is 0 Å². The van der Waals surface area contributed by atoms with E-state index in [1.165, 1.54) is 5.41 Å². The number of benzene rings is 1. The molecule has 1 aliphatic rings. The highest BCUT2D eigenvalue weighted by molar-refractivity contribution is 9.10. The lowest BCUT2D eigenvalue weighted by molar-refractivity contribution is 0.411. The third kappa shape index (κ3) is 3.58. The van der Waals surface area contributed by atoms with Crippen molar-refractivity contribution >= 4 is 25.8 Å². The van der Waals surface area contributed by atoms with Crippen LogP contribution >= 0.6 is 15.9 Å². The number of nitrogens with one attached hydrogen (secondary N) is 1. The molecule has 0 spiro atoms. The number of rotatable bonds is 4. The number of hydrogen-bond acceptors (Lipinski definition) is 4. The van der Waals surface area contributed by atoms with E-state index in [9.17, 15) is 8.42 Å². The molecule has 2 unspecified atom stereocenters. The summed E-state index contributed by atoms with van der Waals surface area (Å²) >= 11 is 3.44. The summed E-state index contributed by atoms with van der Waals surface area (Å²) in [6.07, 6.45) is 1.70. The molecule has 0 bridgehead atoms. The van der Waals surface area contributed by atoms with Crippen molar-refractivity contribution in [2.75, 3.05) is 12.9 Å². The second kappa shape index (κ2) is 5.64. The summed E-state index contributed by atoms with van der Waals surface area (Å²) in [7, 11) is -1.39. The van der Waals surface area contributed by atoms with Crippen molar-refractivity contribution in [2.24, 2.45) is 0 Å². The molecule has 1 heterocycles. The Labute approximate surface area is 121 Å². The predicted octanol–water partition coefficient (Wildman–Crippen LogP) is 2.42. The Morgan fingerprint density at radius 3 is 2.74 bits per heavy atom. The lowest BCUT2D eigenvalue weighted by atomic mass is 10.1. The maximum Gasteiger partial charge on any atom is 0.173 e. The first-order valence-electron chi connectivity index (χ1n) is 5.92. The van der Waals surface area contributed by atoms with Crippen LogP contribution in [0.4, 0.5) is 0 Å². The van der Waals surface area contributed by atoms with E-state index in [1.807, 2.05) is 25.1 Å². The fourth-order valence-corrected chi connectivity index (χ4v) is 3.86. The average molecular weight is 346 g/mol. The van der Waals surface area contributed by atoms with Gasteiger partial charge in [0.2, 0.25) is 0 Å². The van der Waals surface area contributed by atoms with Gasteiger partial charge < -0.3 is 10.1 Å². The zero-order valence-corrected chi connectivity index (χ0v) is 13.2. The van der Waals surface area contributed by atoms with Crippen LogP contribution in [-0.4, -0.2) is 27.3 Å². The SMILES string of the molecule is COc1ccc(C(C)NC2C=CS(=O)(=O)C2)cc1Br. The van der Waals surface area contributed by atoms with Crippen molar-refractivity contribution in [1.82, 2.24) is 5.32 Å². The number of hydrogen-bond donors (Lipinski definition) is 1. The van der Waals surface area contributed by atoms with Crippen molar-refractivity contribution in [3.8, 4) is 5.75 Å². The lowest BCUT2D eigenvalue weighted by Crippen LogP contribution is -2.32. The zero-order valence-electron chi connectivity index (χ0n) is 10.8. The Kier molecular flexibility index (Phi) is 4.32. The first kappa shape index (κ1) is 14.6. The number of ether oxygens (including phenoxy) is 1. The first-order chi connectivity index (χ1) is 8.91. The van der Waals surface area contributed by atoms with E-state index in [4.69, 9.17) is 4.74 Å². The molecular formula is C13H16BrNO3S. The highest BCUT2D eigenvalue weighted by atomic mass is 79.9. The van der Waals surface area contributed by atoms with Gasteiger partial charge >= 0.3 is 0 Å². The maximum absolute atomic E-state index is 11.3. The van der Waals surface area contributed by atoms with Gasteiger partial charge in [-0.25, -0.2) is 8.42 Å². The van der Waals surface area contributed by atoms with Crippen LogP contribution in [-0.2, 0) is 9.84 Å². The number of methoxy groups -OCH3 is 1. The highest BCUT2D eigenvalue weighted by Crippen LogP contribution is 2.28. The molecule has 6 heteroatoms. The smallest absolute Gasteiger partial charge is 0.173 e. The summed E-state index contributed by atoms with van der Waals surface area (Å²) < 4.78 is 28.8. The molecule has 2 rings (SSSR count). The van der Waals surface area contributed by atoms with E-state index in [0.29, 0.717) is 0 Å². The van der Waals surface area contributed by atoms with Crippen LogP contribution in [0.3, 0.4) is 0 Å². The van der Waals surface area contributed by atoms with E-state index in [0.717, 1.165) is 15.8 Å². The van der Waals surface area contributed by atoms with Gasteiger partial charge in [0.1, 0.15) is 5.75 Å². The highest BCUT2D eigenvalue weighted by Gasteiger charge is 2.23. The topological polar surface area (TPSA) is 55.4 Å². The molecule has 0 saturated carbocycles. The Bertz CT molecular complexity index is 598. The quantitative estimate of drug-likeness (QED) is 0.910. The first-order valence-corrected chi connectivity index (χ1v) is 8.42. The molecule has 1 aliphatic heterocycles. The predicted molar refractivity (Wildman–Crippen MR) is 79.0 cm³/mol. The monoisotopic (exact) mass is 345 g/mol. The molecule has 0 aromatic heterocycles. The van der Waals surface area contributed by atoms with Gasteiger partial charge in [0.25, 0.3) is 0 Å². The summed E-state index contributed by atoms with van der Waals surface area (Å²) in [6.45, 7) is 2.01. The fourth-order valence-electron chi connectivity index (χ4n) is 2.05. The second-order valence-electron chi connectivity index (χ2n) is 4.55. The van der Waals surface area contributed by atoms with Crippen LogP contribution in [0.1, 0.15) is 18.5 Å². The van der Waals surface area contributed by atoms with Crippen LogP contribution < -0.4 is 10.1 Å². The van der Waals surface area contributed by atoms with Crippen LogP contribution in [0, 0.1) is 0 Å². The van der Waals surface area contributed by atoms with Gasteiger partial charge in [-0.1, -0.05) is 12.1 Å². The molecule has 0 amide bonds. The Hall–Kier alpha value is -0.850. The van der Waals surface area contributed by atoms with Gasteiger partial charge in [0.05, 0.1) is 17.3 Å². The van der Waals surface area contributed by atoms with Crippen molar-refractivity contribution < 1.29 is 13.2 Å². The third-order valence-corrected chi connectivity index (χ3v) is 5.09. The molecule has 1 aromatic rings. The molecule has 0 saturated heterocycles. The van der Waals surface area contributed by atoms with Crippen molar-refractivity contribution in [3.05, 3.63) is 39.7 Å². The van der Waals surface area contributed by atoms with Gasteiger partial charge in [-0.05, 0) is 40.5 Å². The summed E-state index contributed by atoms with van der Waals surface area (Å²) in [6, 6.07) is 5.77. The van der Waals surface area contributed by atoms with Crippen LogP contribution in [0.25, 0.3) is 0 Å². The van der Waals surface area contributed by atoms with Gasteiger partial charge in [0, 0.05) is 17.5 Å². The molecule has 0 aliphatic carbocycles. The Balaban J connectivity index is 2.07.